The van der Waals surface area contributed by atoms with Crippen LogP contribution in [0, 0.1) is 0 Å². The highest BCUT2D eigenvalue weighted by Gasteiger charge is 2.34. The molecular formula is C19H16N2O2. The van der Waals surface area contributed by atoms with Crippen molar-refractivity contribution < 1.29 is 4.79 Å². The Morgan fingerprint density at radius 1 is 1.04 bits per heavy atom. The number of pyridine rings is 1. The van der Waals surface area contributed by atoms with E-state index in [9.17, 15) is 9.59 Å². The number of fused-ring (bicyclic) bond motifs is 1. The van der Waals surface area contributed by atoms with Crippen molar-refractivity contribution in [1.82, 2.24) is 9.88 Å². The van der Waals surface area contributed by atoms with Gasteiger partial charge >= 0.3 is 0 Å². The molecule has 114 valence electrons. The summed E-state index contributed by atoms with van der Waals surface area (Å²) in [6.45, 7) is 0.716. The third kappa shape index (κ3) is 2.32. The van der Waals surface area contributed by atoms with Gasteiger partial charge in [-0.1, -0.05) is 48.5 Å². The Kier molecular flexibility index (Phi) is 3.23. The van der Waals surface area contributed by atoms with E-state index < -0.39 is 0 Å². The largest absolute Gasteiger partial charge is 0.330 e. The normalized spacial score (nSPS) is 17.0. The summed E-state index contributed by atoms with van der Waals surface area (Å²) in [6, 6.07) is 19.2. The number of nitrogens with one attached hydrogen (secondary N) is 1. The summed E-state index contributed by atoms with van der Waals surface area (Å²) in [6.07, 6.45) is 0.952. The smallest absolute Gasteiger partial charge is 0.270 e. The molecule has 1 N–H and O–H groups in total. The number of carbonyl (C=O) groups is 1. The predicted octanol–water partition coefficient (Wildman–Crippen LogP) is 3.12. The molecule has 4 nitrogen and oxygen atoms in total. The zero-order valence-electron chi connectivity index (χ0n) is 12.5. The molecule has 1 aliphatic heterocycles. The van der Waals surface area contributed by atoms with Crippen LogP contribution in [0.4, 0.5) is 0 Å². The lowest BCUT2D eigenvalue weighted by atomic mass is 9.94. The molecule has 1 aliphatic rings. The maximum absolute atomic E-state index is 12.8. The minimum atomic E-state index is -0.219. The van der Waals surface area contributed by atoms with Crippen molar-refractivity contribution in [2.45, 2.75) is 12.5 Å². The molecule has 2 aromatic carbocycles. The molecule has 4 rings (SSSR count). The van der Waals surface area contributed by atoms with Crippen LogP contribution in [0.15, 0.2) is 65.5 Å². The Hall–Kier alpha value is -2.88. The van der Waals surface area contributed by atoms with Crippen molar-refractivity contribution in [1.29, 1.82) is 0 Å². The van der Waals surface area contributed by atoms with Crippen molar-refractivity contribution in [2.75, 3.05) is 6.54 Å². The van der Waals surface area contributed by atoms with E-state index in [0.29, 0.717) is 17.6 Å². The molecule has 0 spiro atoms. The molecular weight excluding hydrogens is 288 g/mol. The maximum Gasteiger partial charge on any atom is 0.270 e. The quantitative estimate of drug-likeness (QED) is 0.791. The van der Waals surface area contributed by atoms with Gasteiger partial charge in [-0.25, -0.2) is 0 Å². The van der Waals surface area contributed by atoms with Gasteiger partial charge in [0.25, 0.3) is 11.5 Å². The lowest BCUT2D eigenvalue weighted by Crippen LogP contribution is -2.45. The number of likely N-dealkylation sites (tertiary alicyclic amines) is 1. The van der Waals surface area contributed by atoms with Gasteiger partial charge in [0.15, 0.2) is 0 Å². The summed E-state index contributed by atoms with van der Waals surface area (Å²) >= 11 is 0. The Bertz CT molecular complexity index is 931. The van der Waals surface area contributed by atoms with Crippen LogP contribution < -0.4 is 5.56 Å². The average molecular weight is 304 g/mol. The van der Waals surface area contributed by atoms with Crippen molar-refractivity contribution in [3.05, 3.63) is 82.3 Å². The molecule has 0 aliphatic carbocycles. The fourth-order valence-electron chi connectivity index (χ4n) is 3.13. The SMILES string of the molecule is O=C(c1cc2ccccc2c(=O)[nH]1)N1CC[C@H]1c1ccccc1. The van der Waals surface area contributed by atoms with E-state index >= 15 is 0 Å². The van der Waals surface area contributed by atoms with Crippen LogP contribution in [0.3, 0.4) is 0 Å². The first-order valence-electron chi connectivity index (χ1n) is 7.72. The number of aromatic nitrogens is 1. The van der Waals surface area contributed by atoms with Crippen molar-refractivity contribution in [3.63, 3.8) is 0 Å². The number of aromatic amines is 1. The molecule has 1 atom stereocenters. The second-order valence-corrected chi connectivity index (χ2v) is 5.81. The third-order valence-electron chi connectivity index (χ3n) is 4.45. The summed E-state index contributed by atoms with van der Waals surface area (Å²) < 4.78 is 0. The highest BCUT2D eigenvalue weighted by atomic mass is 16.2. The van der Waals surface area contributed by atoms with Crippen LogP contribution in [-0.4, -0.2) is 22.3 Å². The van der Waals surface area contributed by atoms with Crippen molar-refractivity contribution >= 4 is 16.7 Å². The fraction of sp³-hybridized carbons (Fsp3) is 0.158. The van der Waals surface area contributed by atoms with E-state index in [2.05, 4.69) is 4.98 Å². The van der Waals surface area contributed by atoms with Gasteiger partial charge in [-0.3, -0.25) is 9.59 Å². The lowest BCUT2D eigenvalue weighted by molar-refractivity contribution is 0.0454. The van der Waals surface area contributed by atoms with Gasteiger partial charge in [0.05, 0.1) is 6.04 Å². The second kappa shape index (κ2) is 5.39. The van der Waals surface area contributed by atoms with Crippen LogP contribution in [0.25, 0.3) is 10.8 Å². The molecule has 1 saturated heterocycles. The summed E-state index contributed by atoms with van der Waals surface area (Å²) in [5, 5.41) is 1.39. The number of H-pyrrole nitrogens is 1. The van der Waals surface area contributed by atoms with Gasteiger partial charge in [0, 0.05) is 11.9 Å². The summed E-state index contributed by atoms with van der Waals surface area (Å²) in [7, 11) is 0. The summed E-state index contributed by atoms with van der Waals surface area (Å²) in [4.78, 5) is 29.5. The molecule has 1 amide bonds. The standard InChI is InChI=1S/C19H16N2O2/c22-18-15-9-5-4-8-14(15)12-16(20-18)19(23)21-11-10-17(21)13-6-2-1-3-7-13/h1-9,12,17H,10-11H2,(H,20,22)/t17-/m0/s1. The number of carbonyl (C=O) groups excluding carboxylic acids is 1. The first-order chi connectivity index (χ1) is 11.2. The average Bonchev–Trinajstić information content (AvgIpc) is 2.55. The second-order valence-electron chi connectivity index (χ2n) is 5.81. The first kappa shape index (κ1) is 13.8. The van der Waals surface area contributed by atoms with E-state index in [0.717, 1.165) is 17.4 Å². The summed E-state index contributed by atoms with van der Waals surface area (Å²) in [5.74, 6) is -0.118. The van der Waals surface area contributed by atoms with Crippen LogP contribution in [0.1, 0.15) is 28.5 Å². The Balaban J connectivity index is 1.68. The monoisotopic (exact) mass is 304 g/mol. The minimum Gasteiger partial charge on any atom is -0.330 e. The Morgan fingerprint density at radius 3 is 2.52 bits per heavy atom. The topological polar surface area (TPSA) is 53.2 Å². The Morgan fingerprint density at radius 2 is 1.78 bits per heavy atom. The van der Waals surface area contributed by atoms with Gasteiger partial charge in [0.2, 0.25) is 0 Å². The molecule has 4 heteroatoms. The molecule has 2 heterocycles. The van der Waals surface area contributed by atoms with E-state index in [1.54, 1.807) is 12.1 Å². The van der Waals surface area contributed by atoms with Crippen molar-refractivity contribution in [3.8, 4) is 0 Å². The summed E-state index contributed by atoms with van der Waals surface area (Å²) in [5.41, 5.74) is 1.27. The number of rotatable bonds is 2. The number of hydrogen-bond acceptors (Lipinski definition) is 2. The molecule has 0 unspecified atom stereocenters. The van der Waals surface area contributed by atoms with E-state index in [1.807, 2.05) is 53.4 Å². The number of amides is 1. The predicted molar refractivity (Wildman–Crippen MR) is 89.4 cm³/mol. The minimum absolute atomic E-state index is 0.0960. The molecule has 0 radical (unpaired) electrons. The van der Waals surface area contributed by atoms with Gasteiger partial charge in [0.1, 0.15) is 5.69 Å². The first-order valence-corrected chi connectivity index (χ1v) is 7.72. The zero-order valence-corrected chi connectivity index (χ0v) is 12.5. The van der Waals surface area contributed by atoms with Crippen LogP contribution in [0.2, 0.25) is 0 Å². The van der Waals surface area contributed by atoms with Crippen LogP contribution in [-0.2, 0) is 0 Å². The highest BCUT2D eigenvalue weighted by Crippen LogP contribution is 2.34. The zero-order chi connectivity index (χ0) is 15.8. The molecule has 0 bridgehead atoms. The van der Waals surface area contributed by atoms with Crippen LogP contribution in [0.5, 0.6) is 0 Å². The van der Waals surface area contributed by atoms with Crippen LogP contribution >= 0.6 is 0 Å². The lowest BCUT2D eigenvalue weighted by Gasteiger charge is -2.41. The van der Waals surface area contributed by atoms with Gasteiger partial charge in [-0.2, -0.15) is 0 Å². The third-order valence-corrected chi connectivity index (χ3v) is 4.45. The molecule has 23 heavy (non-hydrogen) atoms. The highest BCUT2D eigenvalue weighted by molar-refractivity contribution is 5.96. The number of nitrogens with zero attached hydrogens (tertiary/aromatic N) is 1. The van der Waals surface area contributed by atoms with Gasteiger partial charge in [-0.05, 0) is 29.5 Å². The molecule has 1 aromatic heterocycles. The van der Waals surface area contributed by atoms with E-state index in [1.165, 1.54) is 0 Å². The number of hydrogen-bond donors (Lipinski definition) is 1. The maximum atomic E-state index is 12.8. The van der Waals surface area contributed by atoms with E-state index in [4.69, 9.17) is 0 Å². The molecule has 3 aromatic rings. The number of benzene rings is 2. The fourth-order valence-corrected chi connectivity index (χ4v) is 3.13. The molecule has 0 saturated carbocycles. The Labute approximate surface area is 133 Å². The van der Waals surface area contributed by atoms with Gasteiger partial charge < -0.3 is 9.88 Å². The van der Waals surface area contributed by atoms with Gasteiger partial charge in [-0.15, -0.1) is 0 Å². The molecule has 1 fully saturated rings. The van der Waals surface area contributed by atoms with E-state index in [-0.39, 0.29) is 17.5 Å². The van der Waals surface area contributed by atoms with Crippen molar-refractivity contribution in [2.24, 2.45) is 0 Å².